The molecular formula is C22H34O3. The van der Waals surface area contributed by atoms with E-state index in [1.54, 1.807) is 0 Å². The summed E-state index contributed by atoms with van der Waals surface area (Å²) >= 11 is 0. The van der Waals surface area contributed by atoms with Gasteiger partial charge in [0.05, 0.1) is 0 Å². The minimum Gasteiger partial charge on any atom is -0.463 e. The second-order valence-corrected chi connectivity index (χ2v) is 10.3. The molecule has 0 amide bonds. The maximum absolute atomic E-state index is 12.5. The second kappa shape index (κ2) is 5.57. The van der Waals surface area contributed by atoms with E-state index in [0.717, 1.165) is 43.9 Å². The van der Waals surface area contributed by atoms with E-state index in [4.69, 9.17) is 4.74 Å². The Hall–Kier alpha value is -0.860. The van der Waals surface area contributed by atoms with Crippen molar-refractivity contribution in [3.8, 4) is 0 Å². The molecule has 7 atom stereocenters. The van der Waals surface area contributed by atoms with Crippen molar-refractivity contribution in [3.63, 3.8) is 0 Å². The lowest BCUT2D eigenvalue weighted by Crippen LogP contribution is -2.58. The van der Waals surface area contributed by atoms with Crippen molar-refractivity contribution in [2.45, 2.75) is 91.6 Å². The molecule has 140 valence electrons. The van der Waals surface area contributed by atoms with Crippen LogP contribution in [0.1, 0.15) is 85.5 Å². The molecule has 4 aliphatic carbocycles. The average Bonchev–Trinajstić information content (AvgIpc) is 2.84. The third-order valence-electron chi connectivity index (χ3n) is 9.37. The van der Waals surface area contributed by atoms with Crippen LogP contribution in [0.2, 0.25) is 0 Å². The summed E-state index contributed by atoms with van der Waals surface area (Å²) in [5, 5.41) is 0. The SMILES string of the molecule is CC(=O)O[C@@H]1CC[C@]2(C)[C@@H]3CC[C@]4(C)C(=O)CC[C@H]4[C@@H]3CC[C@@]2(C)C1. The molecule has 0 aromatic rings. The topological polar surface area (TPSA) is 43.4 Å². The Kier molecular flexibility index (Phi) is 3.91. The monoisotopic (exact) mass is 346 g/mol. The maximum Gasteiger partial charge on any atom is 0.302 e. The summed E-state index contributed by atoms with van der Waals surface area (Å²) in [5.74, 6) is 2.49. The van der Waals surface area contributed by atoms with E-state index in [1.165, 1.54) is 32.6 Å². The molecule has 0 N–H and O–H groups in total. The second-order valence-electron chi connectivity index (χ2n) is 10.3. The van der Waals surface area contributed by atoms with Gasteiger partial charge in [0.2, 0.25) is 0 Å². The first-order valence-electron chi connectivity index (χ1n) is 10.4. The Morgan fingerprint density at radius 2 is 1.76 bits per heavy atom. The molecule has 4 saturated carbocycles. The number of hydrogen-bond acceptors (Lipinski definition) is 3. The van der Waals surface area contributed by atoms with Crippen LogP contribution >= 0.6 is 0 Å². The number of fused-ring (bicyclic) bond motifs is 5. The van der Waals surface area contributed by atoms with Crippen LogP contribution in [0.15, 0.2) is 0 Å². The van der Waals surface area contributed by atoms with Gasteiger partial charge in [0.1, 0.15) is 11.9 Å². The lowest BCUT2D eigenvalue weighted by atomic mass is 9.40. The molecule has 0 spiro atoms. The van der Waals surface area contributed by atoms with Crippen LogP contribution in [0, 0.1) is 34.0 Å². The van der Waals surface area contributed by atoms with Gasteiger partial charge in [-0.3, -0.25) is 9.59 Å². The number of carbonyl (C=O) groups is 2. The molecule has 0 saturated heterocycles. The summed E-state index contributed by atoms with van der Waals surface area (Å²) in [5.41, 5.74) is 0.572. The number of Topliss-reactive ketones (excluding diaryl/α,β-unsaturated/α-hetero) is 1. The summed E-state index contributed by atoms with van der Waals surface area (Å²) in [4.78, 5) is 23.9. The Morgan fingerprint density at radius 3 is 2.48 bits per heavy atom. The van der Waals surface area contributed by atoms with E-state index < -0.39 is 0 Å². The van der Waals surface area contributed by atoms with Gasteiger partial charge >= 0.3 is 5.97 Å². The van der Waals surface area contributed by atoms with Gasteiger partial charge in [0.25, 0.3) is 0 Å². The van der Waals surface area contributed by atoms with Crippen molar-refractivity contribution in [2.24, 2.45) is 34.0 Å². The van der Waals surface area contributed by atoms with Gasteiger partial charge in [-0.05, 0) is 80.0 Å². The molecule has 4 fully saturated rings. The van der Waals surface area contributed by atoms with Gasteiger partial charge in [-0.1, -0.05) is 20.8 Å². The van der Waals surface area contributed by atoms with Crippen LogP contribution in [0.3, 0.4) is 0 Å². The zero-order chi connectivity index (χ0) is 18.0. The summed E-state index contributed by atoms with van der Waals surface area (Å²) in [6.45, 7) is 8.77. The Bertz CT molecular complexity index is 598. The van der Waals surface area contributed by atoms with Crippen molar-refractivity contribution in [3.05, 3.63) is 0 Å². The maximum atomic E-state index is 12.5. The van der Waals surface area contributed by atoms with E-state index in [-0.39, 0.29) is 22.9 Å². The number of ketones is 1. The van der Waals surface area contributed by atoms with Gasteiger partial charge < -0.3 is 4.74 Å². The highest BCUT2D eigenvalue weighted by Gasteiger charge is 2.63. The first kappa shape index (κ1) is 17.5. The van der Waals surface area contributed by atoms with Crippen LogP contribution in [0.25, 0.3) is 0 Å². The zero-order valence-electron chi connectivity index (χ0n) is 16.4. The van der Waals surface area contributed by atoms with Gasteiger partial charge in [0.15, 0.2) is 0 Å². The molecule has 0 radical (unpaired) electrons. The fourth-order valence-corrected chi connectivity index (χ4v) is 7.69. The number of ether oxygens (including phenoxy) is 1. The van der Waals surface area contributed by atoms with Crippen molar-refractivity contribution in [1.82, 2.24) is 0 Å². The highest BCUT2D eigenvalue weighted by Crippen LogP contribution is 2.69. The van der Waals surface area contributed by atoms with Crippen LogP contribution in [0.4, 0.5) is 0 Å². The van der Waals surface area contributed by atoms with Crippen molar-refractivity contribution >= 4 is 11.8 Å². The van der Waals surface area contributed by atoms with Crippen molar-refractivity contribution in [2.75, 3.05) is 0 Å². The van der Waals surface area contributed by atoms with Gasteiger partial charge in [-0.25, -0.2) is 0 Å². The standard InChI is InChI=1S/C22H34O3/c1-14(23)25-15-7-12-22(4)18-9-11-21(3)17(5-6-19(21)24)16(18)8-10-20(22,2)13-15/h15-18H,5-13H2,1-4H3/t15-,16+,17+,18-,20+,21+,22-/m1/s1. The molecule has 0 heterocycles. The van der Waals surface area contributed by atoms with Crippen LogP contribution in [-0.2, 0) is 14.3 Å². The number of hydrogen-bond donors (Lipinski definition) is 0. The molecule has 25 heavy (non-hydrogen) atoms. The smallest absolute Gasteiger partial charge is 0.302 e. The molecule has 0 unspecified atom stereocenters. The lowest BCUT2D eigenvalue weighted by molar-refractivity contribution is -0.181. The highest BCUT2D eigenvalue weighted by molar-refractivity contribution is 5.87. The Morgan fingerprint density at radius 1 is 1.00 bits per heavy atom. The first-order chi connectivity index (χ1) is 11.7. The minimum atomic E-state index is -0.135. The molecule has 0 bridgehead atoms. The van der Waals surface area contributed by atoms with E-state index in [1.807, 2.05) is 0 Å². The predicted octanol–water partition coefficient (Wildman–Crippen LogP) is 4.92. The van der Waals surface area contributed by atoms with Gasteiger partial charge in [0, 0.05) is 18.8 Å². The molecule has 0 aromatic carbocycles. The fraction of sp³-hybridized carbons (Fsp3) is 0.909. The largest absolute Gasteiger partial charge is 0.463 e. The summed E-state index contributed by atoms with van der Waals surface area (Å²) < 4.78 is 5.60. The molecule has 0 aromatic heterocycles. The molecule has 3 heteroatoms. The lowest BCUT2D eigenvalue weighted by Gasteiger charge is -2.64. The third-order valence-corrected chi connectivity index (χ3v) is 9.37. The average molecular weight is 347 g/mol. The van der Waals surface area contributed by atoms with Gasteiger partial charge in [-0.15, -0.1) is 0 Å². The molecule has 0 aliphatic heterocycles. The van der Waals surface area contributed by atoms with E-state index in [2.05, 4.69) is 20.8 Å². The van der Waals surface area contributed by atoms with E-state index >= 15 is 0 Å². The molecule has 4 rings (SSSR count). The number of esters is 1. The molecular weight excluding hydrogens is 312 g/mol. The molecule has 3 nitrogen and oxygen atoms in total. The molecule has 4 aliphatic rings. The summed E-state index contributed by atoms with van der Waals surface area (Å²) in [6.07, 6.45) is 10.0. The zero-order valence-corrected chi connectivity index (χ0v) is 16.4. The minimum absolute atomic E-state index is 0.0276. The normalized spacial score (nSPS) is 52.1. The van der Waals surface area contributed by atoms with Crippen LogP contribution < -0.4 is 0 Å². The van der Waals surface area contributed by atoms with Gasteiger partial charge in [-0.2, -0.15) is 0 Å². The predicted molar refractivity (Wildman–Crippen MR) is 96.9 cm³/mol. The van der Waals surface area contributed by atoms with Crippen LogP contribution in [-0.4, -0.2) is 17.9 Å². The van der Waals surface area contributed by atoms with E-state index in [0.29, 0.717) is 17.1 Å². The van der Waals surface area contributed by atoms with E-state index in [9.17, 15) is 9.59 Å². The fourth-order valence-electron chi connectivity index (χ4n) is 7.69. The third kappa shape index (κ3) is 2.36. The first-order valence-corrected chi connectivity index (χ1v) is 10.4. The van der Waals surface area contributed by atoms with Crippen molar-refractivity contribution in [1.29, 1.82) is 0 Å². The Labute approximate surface area is 152 Å². The number of rotatable bonds is 1. The summed E-state index contributed by atoms with van der Waals surface area (Å²) in [7, 11) is 0. The number of carbonyl (C=O) groups excluding carboxylic acids is 2. The summed E-state index contributed by atoms with van der Waals surface area (Å²) in [6, 6.07) is 0. The van der Waals surface area contributed by atoms with Crippen LogP contribution in [0.5, 0.6) is 0 Å². The Balaban J connectivity index is 1.60. The highest BCUT2D eigenvalue weighted by atomic mass is 16.5. The van der Waals surface area contributed by atoms with Crippen molar-refractivity contribution < 1.29 is 14.3 Å². The quantitative estimate of drug-likeness (QED) is 0.633.